The number of methoxy groups -OCH3 is 2. The molecule has 2 N–H and O–H groups in total. The molecule has 0 spiro atoms. The van der Waals surface area contributed by atoms with Crippen molar-refractivity contribution >= 4 is 0 Å². The molecule has 0 bridgehead atoms. The van der Waals surface area contributed by atoms with Gasteiger partial charge in [-0.15, -0.1) is 0 Å². The van der Waals surface area contributed by atoms with Crippen molar-refractivity contribution < 1.29 is 24.4 Å². The molecule has 0 radical (unpaired) electrons. The Morgan fingerprint density at radius 3 is 2.29 bits per heavy atom. The van der Waals surface area contributed by atoms with Crippen molar-refractivity contribution in [2.24, 2.45) is 0 Å². The van der Waals surface area contributed by atoms with Crippen LogP contribution in [0.4, 0.5) is 0 Å². The lowest BCUT2D eigenvalue weighted by Crippen LogP contribution is -2.16. The Bertz CT molecular complexity index is 656. The maximum absolute atomic E-state index is 10.8. The standard InChI is InChI=1S/C19H24O5/c1-4-24-17-10-9-13(11-18(17)23-3)19(21)15(12-20)14-7-5-6-8-16(14)22-2/h5-11,15,19-21H,4,12H2,1-3H3/t15-,19+/m1/s1. The molecule has 0 unspecified atom stereocenters. The Morgan fingerprint density at radius 1 is 0.958 bits per heavy atom. The van der Waals surface area contributed by atoms with Crippen LogP contribution < -0.4 is 14.2 Å². The molecule has 0 aliphatic carbocycles. The van der Waals surface area contributed by atoms with E-state index in [0.717, 1.165) is 5.56 Å². The molecule has 5 nitrogen and oxygen atoms in total. The minimum Gasteiger partial charge on any atom is -0.496 e. The monoisotopic (exact) mass is 332 g/mol. The molecule has 2 aromatic carbocycles. The first-order valence-electron chi connectivity index (χ1n) is 7.88. The zero-order valence-corrected chi connectivity index (χ0v) is 14.2. The molecule has 24 heavy (non-hydrogen) atoms. The third-order valence-corrected chi connectivity index (χ3v) is 3.95. The molecule has 5 heteroatoms. The van der Waals surface area contributed by atoms with Gasteiger partial charge in [-0.25, -0.2) is 0 Å². The van der Waals surface area contributed by atoms with E-state index in [1.165, 1.54) is 0 Å². The molecular formula is C19H24O5. The predicted octanol–water partition coefficient (Wildman–Crippen LogP) is 2.91. The summed E-state index contributed by atoms with van der Waals surface area (Å²) in [6.45, 7) is 2.21. The van der Waals surface area contributed by atoms with Gasteiger partial charge in [-0.2, -0.15) is 0 Å². The van der Waals surface area contributed by atoms with Crippen molar-refractivity contribution in [3.63, 3.8) is 0 Å². The van der Waals surface area contributed by atoms with E-state index in [1.807, 2.05) is 31.2 Å². The average Bonchev–Trinajstić information content (AvgIpc) is 2.63. The first kappa shape index (κ1) is 18.1. The highest BCUT2D eigenvalue weighted by Gasteiger charge is 2.25. The first-order chi connectivity index (χ1) is 11.7. The summed E-state index contributed by atoms with van der Waals surface area (Å²) in [5, 5.41) is 20.6. The van der Waals surface area contributed by atoms with Gasteiger partial charge in [-0.05, 0) is 30.7 Å². The van der Waals surface area contributed by atoms with E-state index in [-0.39, 0.29) is 6.61 Å². The Morgan fingerprint density at radius 2 is 1.67 bits per heavy atom. The van der Waals surface area contributed by atoms with E-state index < -0.39 is 12.0 Å². The van der Waals surface area contributed by atoms with Crippen LogP contribution in [0.3, 0.4) is 0 Å². The normalized spacial score (nSPS) is 13.2. The maximum Gasteiger partial charge on any atom is 0.161 e. The Hall–Kier alpha value is -2.24. The number of ether oxygens (including phenoxy) is 3. The second kappa shape index (κ2) is 8.57. The van der Waals surface area contributed by atoms with Crippen molar-refractivity contribution in [2.45, 2.75) is 18.9 Å². The maximum atomic E-state index is 10.8. The van der Waals surface area contributed by atoms with E-state index in [9.17, 15) is 10.2 Å². The highest BCUT2D eigenvalue weighted by Crippen LogP contribution is 2.38. The van der Waals surface area contributed by atoms with Crippen LogP contribution in [-0.4, -0.2) is 37.6 Å². The van der Waals surface area contributed by atoms with Crippen LogP contribution in [0, 0.1) is 0 Å². The van der Waals surface area contributed by atoms with Crippen LogP contribution in [0.5, 0.6) is 17.2 Å². The molecule has 130 valence electrons. The molecule has 2 aromatic rings. The van der Waals surface area contributed by atoms with E-state index in [2.05, 4.69) is 0 Å². The lowest BCUT2D eigenvalue weighted by atomic mass is 9.89. The van der Waals surface area contributed by atoms with Gasteiger partial charge >= 0.3 is 0 Å². The fourth-order valence-electron chi connectivity index (χ4n) is 2.72. The molecular weight excluding hydrogens is 308 g/mol. The largest absolute Gasteiger partial charge is 0.496 e. The Labute approximate surface area is 142 Å². The topological polar surface area (TPSA) is 68.2 Å². The van der Waals surface area contributed by atoms with Crippen LogP contribution in [0.15, 0.2) is 42.5 Å². The summed E-state index contributed by atoms with van der Waals surface area (Å²) >= 11 is 0. The van der Waals surface area contributed by atoms with Crippen molar-refractivity contribution in [1.82, 2.24) is 0 Å². The summed E-state index contributed by atoms with van der Waals surface area (Å²) in [7, 11) is 3.12. The average molecular weight is 332 g/mol. The van der Waals surface area contributed by atoms with E-state index >= 15 is 0 Å². The van der Waals surface area contributed by atoms with Crippen molar-refractivity contribution in [3.05, 3.63) is 53.6 Å². The van der Waals surface area contributed by atoms with Gasteiger partial charge in [0.2, 0.25) is 0 Å². The molecule has 0 saturated heterocycles. The van der Waals surface area contributed by atoms with Gasteiger partial charge in [0, 0.05) is 11.5 Å². The number of benzene rings is 2. The third kappa shape index (κ3) is 3.80. The van der Waals surface area contributed by atoms with Gasteiger partial charge < -0.3 is 24.4 Å². The van der Waals surface area contributed by atoms with Crippen LogP contribution in [-0.2, 0) is 0 Å². The van der Waals surface area contributed by atoms with E-state index in [0.29, 0.717) is 29.4 Å². The lowest BCUT2D eigenvalue weighted by Gasteiger charge is -2.24. The van der Waals surface area contributed by atoms with Crippen LogP contribution in [0.25, 0.3) is 0 Å². The number of aliphatic hydroxyl groups is 2. The van der Waals surface area contributed by atoms with E-state index in [4.69, 9.17) is 14.2 Å². The quantitative estimate of drug-likeness (QED) is 0.778. The van der Waals surface area contributed by atoms with Crippen molar-refractivity contribution in [2.75, 3.05) is 27.4 Å². The molecule has 0 aliphatic heterocycles. The van der Waals surface area contributed by atoms with Crippen LogP contribution in [0.1, 0.15) is 30.1 Å². The van der Waals surface area contributed by atoms with Gasteiger partial charge in [-0.1, -0.05) is 24.3 Å². The first-order valence-corrected chi connectivity index (χ1v) is 7.88. The second-order valence-corrected chi connectivity index (χ2v) is 5.32. The van der Waals surface area contributed by atoms with Gasteiger partial charge in [0.25, 0.3) is 0 Å². The molecule has 0 amide bonds. The minimum absolute atomic E-state index is 0.211. The Kier molecular flexibility index (Phi) is 6.46. The minimum atomic E-state index is -0.907. The summed E-state index contributed by atoms with van der Waals surface area (Å²) in [6.07, 6.45) is -0.907. The van der Waals surface area contributed by atoms with Crippen molar-refractivity contribution in [3.8, 4) is 17.2 Å². The number of hydrogen-bond acceptors (Lipinski definition) is 5. The van der Waals surface area contributed by atoms with Gasteiger partial charge in [-0.3, -0.25) is 0 Å². The fourth-order valence-corrected chi connectivity index (χ4v) is 2.72. The summed E-state index contributed by atoms with van der Waals surface area (Å²) in [5.74, 6) is 1.29. The number of hydrogen-bond donors (Lipinski definition) is 2. The number of aliphatic hydroxyl groups excluding tert-OH is 2. The van der Waals surface area contributed by atoms with Gasteiger partial charge in [0.15, 0.2) is 11.5 Å². The highest BCUT2D eigenvalue weighted by molar-refractivity contribution is 5.45. The molecule has 2 atom stereocenters. The van der Waals surface area contributed by atoms with Crippen LogP contribution in [0.2, 0.25) is 0 Å². The van der Waals surface area contributed by atoms with E-state index in [1.54, 1.807) is 32.4 Å². The Balaban J connectivity index is 2.36. The van der Waals surface area contributed by atoms with Gasteiger partial charge in [0.05, 0.1) is 33.5 Å². The summed E-state index contributed by atoms with van der Waals surface area (Å²) in [6, 6.07) is 12.6. The third-order valence-electron chi connectivity index (χ3n) is 3.95. The number of rotatable bonds is 8. The highest BCUT2D eigenvalue weighted by atomic mass is 16.5. The molecule has 0 aliphatic rings. The molecule has 2 rings (SSSR count). The molecule has 0 aromatic heterocycles. The predicted molar refractivity (Wildman–Crippen MR) is 91.9 cm³/mol. The summed E-state index contributed by atoms with van der Waals surface area (Å²) in [5.41, 5.74) is 1.39. The second-order valence-electron chi connectivity index (χ2n) is 5.32. The smallest absolute Gasteiger partial charge is 0.161 e. The van der Waals surface area contributed by atoms with Crippen LogP contribution >= 0.6 is 0 Å². The van der Waals surface area contributed by atoms with Crippen molar-refractivity contribution in [1.29, 1.82) is 0 Å². The SMILES string of the molecule is CCOc1ccc([C@H](O)[C@H](CO)c2ccccc2OC)cc1OC. The number of para-hydroxylation sites is 1. The lowest BCUT2D eigenvalue weighted by molar-refractivity contribution is 0.105. The summed E-state index contributed by atoms with van der Waals surface area (Å²) in [4.78, 5) is 0. The molecule has 0 fully saturated rings. The zero-order valence-electron chi connectivity index (χ0n) is 14.2. The fraction of sp³-hybridized carbons (Fsp3) is 0.368. The van der Waals surface area contributed by atoms with Gasteiger partial charge in [0.1, 0.15) is 5.75 Å². The molecule has 0 saturated carbocycles. The molecule has 0 heterocycles. The summed E-state index contributed by atoms with van der Waals surface area (Å²) < 4.78 is 16.2. The zero-order chi connectivity index (χ0) is 17.5.